The third kappa shape index (κ3) is 2.31. The third-order valence-corrected chi connectivity index (χ3v) is 5.24. The number of rotatable bonds is 0. The first-order valence-electron chi connectivity index (χ1n) is 7.99. The number of piperidine rings is 1. The molecule has 3 aliphatic rings. The minimum absolute atomic E-state index is 0.0140. The van der Waals surface area contributed by atoms with E-state index < -0.39 is 5.41 Å². The molecule has 1 saturated heterocycles. The lowest BCUT2D eigenvalue weighted by Gasteiger charge is -2.46. The highest BCUT2D eigenvalue weighted by Crippen LogP contribution is 2.52. The van der Waals surface area contributed by atoms with Crippen molar-refractivity contribution >= 4 is 11.7 Å². The minimum Gasteiger partial charge on any atom is -0.444 e. The highest BCUT2D eigenvalue weighted by atomic mass is 16.5. The quantitative estimate of drug-likeness (QED) is 0.732. The van der Waals surface area contributed by atoms with Crippen LogP contribution in [0.3, 0.4) is 0 Å². The average molecular weight is 315 g/mol. The first kappa shape index (κ1) is 15.6. The maximum Gasteiger partial charge on any atom is 0.219 e. The Morgan fingerprint density at radius 2 is 2.04 bits per heavy atom. The summed E-state index contributed by atoms with van der Waals surface area (Å²) in [6.45, 7) is 4.59. The Labute approximate surface area is 135 Å². The summed E-state index contributed by atoms with van der Waals surface area (Å²) in [7, 11) is 0. The Kier molecular flexibility index (Phi) is 3.67. The molecule has 0 unspecified atom stereocenters. The summed E-state index contributed by atoms with van der Waals surface area (Å²) in [5.74, 6) is 1.02. The number of carbonyl (C=O) groups is 2. The summed E-state index contributed by atoms with van der Waals surface area (Å²) in [5, 5.41) is 9.60. The van der Waals surface area contributed by atoms with E-state index >= 15 is 0 Å². The highest BCUT2D eigenvalue weighted by Gasteiger charge is 2.51. The Morgan fingerprint density at radius 1 is 1.39 bits per heavy atom. The van der Waals surface area contributed by atoms with Gasteiger partial charge in [0.05, 0.1) is 0 Å². The van der Waals surface area contributed by atoms with Gasteiger partial charge in [-0.05, 0) is 18.8 Å². The van der Waals surface area contributed by atoms with Crippen LogP contribution in [-0.4, -0.2) is 29.7 Å². The van der Waals surface area contributed by atoms with Gasteiger partial charge < -0.3 is 15.4 Å². The van der Waals surface area contributed by atoms with Crippen LogP contribution in [0, 0.1) is 22.7 Å². The molecule has 3 rings (SSSR count). The van der Waals surface area contributed by atoms with Crippen LogP contribution in [0.15, 0.2) is 22.8 Å². The topological polar surface area (TPSA) is 96.4 Å². The van der Waals surface area contributed by atoms with Crippen LogP contribution >= 0.6 is 0 Å². The molecule has 0 aromatic carbocycles. The molecule has 2 aliphatic heterocycles. The largest absolute Gasteiger partial charge is 0.444 e. The molecule has 6 nitrogen and oxygen atoms in total. The number of nitrogens with two attached hydrogens (primary N) is 1. The van der Waals surface area contributed by atoms with Crippen LogP contribution in [0.5, 0.6) is 0 Å². The number of ketones is 1. The lowest BCUT2D eigenvalue weighted by atomic mass is 9.62. The normalized spacial score (nSPS) is 26.7. The van der Waals surface area contributed by atoms with Crippen molar-refractivity contribution in [3.63, 3.8) is 0 Å². The Hall–Kier alpha value is -2.29. The lowest BCUT2D eigenvalue weighted by Crippen LogP contribution is -2.48. The number of likely N-dealkylation sites (tertiary alicyclic amines) is 1. The molecule has 1 spiro atoms. The minimum atomic E-state index is -0.685. The van der Waals surface area contributed by atoms with Crippen LogP contribution in [0.2, 0.25) is 0 Å². The van der Waals surface area contributed by atoms with E-state index in [9.17, 15) is 14.9 Å². The number of fused-ring (bicyclic) bond motifs is 1. The molecule has 1 aliphatic carbocycles. The van der Waals surface area contributed by atoms with Crippen LogP contribution in [0.4, 0.5) is 0 Å². The van der Waals surface area contributed by atoms with E-state index in [1.807, 2.05) is 6.92 Å². The molecule has 0 bridgehead atoms. The fraction of sp³-hybridized carbons (Fsp3) is 0.588. The van der Waals surface area contributed by atoms with Crippen LogP contribution in [0.1, 0.15) is 39.5 Å². The lowest BCUT2D eigenvalue weighted by molar-refractivity contribution is -0.130. The molecular weight excluding hydrogens is 294 g/mol. The molecule has 23 heavy (non-hydrogen) atoms. The second-order valence-corrected chi connectivity index (χ2v) is 6.78. The number of amides is 1. The Balaban J connectivity index is 2.06. The molecule has 0 saturated carbocycles. The molecule has 1 amide bonds. The van der Waals surface area contributed by atoms with E-state index in [4.69, 9.17) is 10.5 Å². The Bertz CT molecular complexity index is 676. The van der Waals surface area contributed by atoms with Crippen molar-refractivity contribution in [2.24, 2.45) is 17.1 Å². The van der Waals surface area contributed by atoms with Gasteiger partial charge in [0.25, 0.3) is 0 Å². The maximum atomic E-state index is 12.7. The zero-order chi connectivity index (χ0) is 16.8. The summed E-state index contributed by atoms with van der Waals surface area (Å²) in [5.41, 5.74) is 6.29. The van der Waals surface area contributed by atoms with Gasteiger partial charge in [-0.25, -0.2) is 0 Å². The second kappa shape index (κ2) is 5.41. The molecule has 1 atom stereocenters. The number of nitriles is 1. The number of ether oxygens (including phenoxy) is 1. The monoisotopic (exact) mass is 315 g/mol. The van der Waals surface area contributed by atoms with Crippen molar-refractivity contribution in [2.45, 2.75) is 39.5 Å². The van der Waals surface area contributed by atoms with Gasteiger partial charge in [-0.1, -0.05) is 6.92 Å². The second-order valence-electron chi connectivity index (χ2n) is 6.78. The van der Waals surface area contributed by atoms with Gasteiger partial charge in [-0.3, -0.25) is 9.59 Å². The van der Waals surface area contributed by atoms with Gasteiger partial charge in [0.2, 0.25) is 11.8 Å². The van der Waals surface area contributed by atoms with E-state index in [2.05, 4.69) is 6.07 Å². The van der Waals surface area contributed by atoms with Crippen molar-refractivity contribution in [3.8, 4) is 6.07 Å². The summed E-state index contributed by atoms with van der Waals surface area (Å²) in [6, 6.07) is 2.16. The SMILES string of the molecule is CC(=O)N1CCC2(CC1)C(C#N)=C(N)OC1=C2C(=O)C[C@H](C)C1. The predicted molar refractivity (Wildman–Crippen MR) is 82.3 cm³/mol. The summed E-state index contributed by atoms with van der Waals surface area (Å²) in [6.07, 6.45) is 2.22. The number of hydrogen-bond acceptors (Lipinski definition) is 5. The summed E-state index contributed by atoms with van der Waals surface area (Å²) < 4.78 is 5.65. The van der Waals surface area contributed by atoms with Crippen molar-refractivity contribution in [2.75, 3.05) is 13.1 Å². The smallest absolute Gasteiger partial charge is 0.219 e. The van der Waals surface area contributed by atoms with Crippen LogP contribution in [0.25, 0.3) is 0 Å². The van der Waals surface area contributed by atoms with Crippen LogP contribution < -0.4 is 5.73 Å². The van der Waals surface area contributed by atoms with Crippen molar-refractivity contribution in [3.05, 3.63) is 22.8 Å². The van der Waals surface area contributed by atoms with Crippen LogP contribution in [-0.2, 0) is 14.3 Å². The van der Waals surface area contributed by atoms with Gasteiger partial charge in [-0.15, -0.1) is 0 Å². The zero-order valence-electron chi connectivity index (χ0n) is 13.5. The summed E-state index contributed by atoms with van der Waals surface area (Å²) in [4.78, 5) is 26.1. The van der Waals surface area contributed by atoms with E-state index in [1.165, 1.54) is 6.92 Å². The fourth-order valence-electron chi connectivity index (χ4n) is 4.10. The molecule has 0 aromatic rings. The molecule has 6 heteroatoms. The van der Waals surface area contributed by atoms with Crippen molar-refractivity contribution in [1.29, 1.82) is 5.26 Å². The average Bonchev–Trinajstić information content (AvgIpc) is 2.46. The van der Waals surface area contributed by atoms with E-state index in [0.717, 1.165) is 0 Å². The molecule has 0 radical (unpaired) electrons. The van der Waals surface area contributed by atoms with Crippen molar-refractivity contribution in [1.82, 2.24) is 4.90 Å². The van der Waals surface area contributed by atoms with Gasteiger partial charge in [0.15, 0.2) is 5.78 Å². The molecule has 0 aromatic heterocycles. The van der Waals surface area contributed by atoms with E-state index in [0.29, 0.717) is 55.7 Å². The van der Waals surface area contributed by atoms with Gasteiger partial charge >= 0.3 is 0 Å². The molecule has 2 heterocycles. The number of hydrogen-bond donors (Lipinski definition) is 1. The number of nitrogens with zero attached hydrogens (tertiary/aromatic N) is 2. The summed E-state index contributed by atoms with van der Waals surface area (Å²) >= 11 is 0. The molecule has 1 fully saturated rings. The molecular formula is C17H21N3O3. The standard InChI is InChI=1S/C17H21N3O3/c1-10-7-13(22)15-14(8-10)23-16(19)12(9-18)17(15)3-5-20(6-4-17)11(2)21/h10H,3-8,19H2,1-2H3/t10-/m0/s1. The zero-order valence-corrected chi connectivity index (χ0v) is 13.5. The van der Waals surface area contributed by atoms with Gasteiger partial charge in [0.1, 0.15) is 17.4 Å². The van der Waals surface area contributed by atoms with Crippen molar-refractivity contribution < 1.29 is 14.3 Å². The van der Waals surface area contributed by atoms with Gasteiger partial charge in [0, 0.05) is 43.8 Å². The van der Waals surface area contributed by atoms with E-state index in [-0.39, 0.29) is 23.5 Å². The fourth-order valence-corrected chi connectivity index (χ4v) is 4.10. The van der Waals surface area contributed by atoms with E-state index in [1.54, 1.807) is 4.90 Å². The highest BCUT2D eigenvalue weighted by molar-refractivity contribution is 5.99. The molecule has 122 valence electrons. The first-order chi connectivity index (χ1) is 10.9. The first-order valence-corrected chi connectivity index (χ1v) is 7.99. The number of allylic oxidation sites excluding steroid dienone is 3. The predicted octanol–water partition coefficient (Wildman–Crippen LogP) is 1.59. The van der Waals surface area contributed by atoms with Gasteiger partial charge in [-0.2, -0.15) is 5.26 Å². The number of Topliss-reactive ketones (excluding diaryl/α,β-unsaturated/α-hetero) is 1. The number of carbonyl (C=O) groups excluding carboxylic acids is 2. The maximum absolute atomic E-state index is 12.7. The third-order valence-electron chi connectivity index (χ3n) is 5.24. The Morgan fingerprint density at radius 3 is 2.61 bits per heavy atom. The molecule has 2 N–H and O–H groups in total.